The zero-order valence-electron chi connectivity index (χ0n) is 8.67. The molecule has 0 fully saturated rings. The fraction of sp³-hybridized carbons (Fsp3) is 0.182. The molecule has 0 amide bonds. The van der Waals surface area contributed by atoms with Gasteiger partial charge in [-0.3, -0.25) is 4.79 Å². The first-order valence-corrected chi connectivity index (χ1v) is 4.79. The van der Waals surface area contributed by atoms with E-state index in [4.69, 9.17) is 5.11 Å². The van der Waals surface area contributed by atoms with Crippen LogP contribution in [0.5, 0.6) is 0 Å². The number of hydrogen-bond acceptors (Lipinski definition) is 3. The van der Waals surface area contributed by atoms with E-state index < -0.39 is 5.82 Å². The van der Waals surface area contributed by atoms with Crippen LogP contribution >= 0.6 is 0 Å². The largest absolute Gasteiger partial charge is 0.391 e. The van der Waals surface area contributed by atoms with Crippen LogP contribution in [-0.2, 0) is 6.61 Å². The van der Waals surface area contributed by atoms with Gasteiger partial charge in [-0.2, -0.15) is 0 Å². The molecule has 1 aromatic heterocycles. The van der Waals surface area contributed by atoms with E-state index in [9.17, 15) is 9.18 Å². The van der Waals surface area contributed by atoms with Crippen molar-refractivity contribution in [3.05, 3.63) is 39.9 Å². The van der Waals surface area contributed by atoms with E-state index >= 15 is 0 Å². The van der Waals surface area contributed by atoms with Crippen molar-refractivity contribution in [1.29, 1.82) is 0 Å². The molecular formula is C11H11FN2O2. The summed E-state index contributed by atoms with van der Waals surface area (Å²) in [6, 6.07) is 4.10. The monoisotopic (exact) mass is 222 g/mol. The number of nitrogens with one attached hydrogen (secondary N) is 2. The third-order valence-corrected chi connectivity index (χ3v) is 2.43. The van der Waals surface area contributed by atoms with Gasteiger partial charge in [-0.1, -0.05) is 0 Å². The highest BCUT2D eigenvalue weighted by atomic mass is 19.1. The van der Waals surface area contributed by atoms with Gasteiger partial charge >= 0.3 is 0 Å². The van der Waals surface area contributed by atoms with E-state index in [2.05, 4.69) is 10.3 Å². The Morgan fingerprint density at radius 2 is 2.19 bits per heavy atom. The molecule has 1 aromatic carbocycles. The molecule has 0 atom stereocenters. The highest BCUT2D eigenvalue weighted by Gasteiger charge is 2.07. The first-order valence-electron chi connectivity index (χ1n) is 4.79. The number of aliphatic hydroxyl groups excluding tert-OH is 1. The molecule has 0 unspecified atom stereocenters. The van der Waals surface area contributed by atoms with Crippen LogP contribution in [0, 0.1) is 5.82 Å². The maximum Gasteiger partial charge on any atom is 0.254 e. The van der Waals surface area contributed by atoms with E-state index in [1.807, 2.05) is 0 Å². The molecule has 0 bridgehead atoms. The van der Waals surface area contributed by atoms with Crippen LogP contribution < -0.4 is 10.9 Å². The molecule has 4 nitrogen and oxygen atoms in total. The zero-order valence-corrected chi connectivity index (χ0v) is 8.67. The Labute approximate surface area is 90.7 Å². The first-order chi connectivity index (χ1) is 7.65. The van der Waals surface area contributed by atoms with Crippen LogP contribution in [-0.4, -0.2) is 17.1 Å². The van der Waals surface area contributed by atoms with Gasteiger partial charge in [-0.05, 0) is 18.2 Å². The van der Waals surface area contributed by atoms with E-state index in [0.717, 1.165) is 0 Å². The second kappa shape index (κ2) is 3.94. The van der Waals surface area contributed by atoms with Crippen molar-refractivity contribution in [1.82, 2.24) is 4.98 Å². The Balaban J connectivity index is 2.84. The number of halogens is 1. The molecule has 3 N–H and O–H groups in total. The summed E-state index contributed by atoms with van der Waals surface area (Å²) in [6.07, 6.45) is 0. The molecular weight excluding hydrogens is 211 g/mol. The van der Waals surface area contributed by atoms with Gasteiger partial charge in [0.25, 0.3) is 5.56 Å². The van der Waals surface area contributed by atoms with Gasteiger partial charge in [0.1, 0.15) is 5.82 Å². The zero-order chi connectivity index (χ0) is 11.7. The minimum absolute atomic E-state index is 0.222. The van der Waals surface area contributed by atoms with Gasteiger partial charge in [-0.25, -0.2) is 4.39 Å². The topological polar surface area (TPSA) is 65.1 Å². The maximum atomic E-state index is 13.2. The van der Waals surface area contributed by atoms with Gasteiger partial charge in [0, 0.05) is 18.0 Å². The summed E-state index contributed by atoms with van der Waals surface area (Å²) < 4.78 is 13.2. The smallest absolute Gasteiger partial charge is 0.254 e. The number of aliphatic hydroxyl groups is 1. The van der Waals surface area contributed by atoms with Crippen LogP contribution in [0.2, 0.25) is 0 Å². The highest BCUT2D eigenvalue weighted by molar-refractivity contribution is 5.90. The lowest BCUT2D eigenvalue weighted by atomic mass is 10.1. The molecule has 2 rings (SSSR count). The standard InChI is InChI=1S/C11H11FN2O2/c1-13-9-4-8(12)3-6-2-7(5-15)11(16)14-10(6)9/h2-4,13,15H,5H2,1H3,(H,14,16). The molecule has 0 spiro atoms. The van der Waals surface area contributed by atoms with E-state index in [1.165, 1.54) is 18.2 Å². The molecule has 0 radical (unpaired) electrons. The normalized spacial score (nSPS) is 10.7. The number of rotatable bonds is 2. The van der Waals surface area contributed by atoms with Crippen molar-refractivity contribution in [3.63, 3.8) is 0 Å². The number of H-pyrrole nitrogens is 1. The maximum absolute atomic E-state index is 13.2. The second-order valence-electron chi connectivity index (χ2n) is 3.45. The molecule has 0 saturated heterocycles. The third-order valence-electron chi connectivity index (χ3n) is 2.43. The lowest BCUT2D eigenvalue weighted by molar-refractivity contribution is 0.280. The number of pyridine rings is 1. The summed E-state index contributed by atoms with van der Waals surface area (Å²) in [6.45, 7) is -0.364. The summed E-state index contributed by atoms with van der Waals surface area (Å²) >= 11 is 0. The molecule has 1 heterocycles. The predicted octanol–water partition coefficient (Wildman–Crippen LogP) is 1.20. The number of hydrogen-bond donors (Lipinski definition) is 3. The number of aromatic amines is 1. The van der Waals surface area contributed by atoms with Crippen LogP contribution in [0.3, 0.4) is 0 Å². The Kier molecular flexibility index (Phi) is 2.62. The molecule has 16 heavy (non-hydrogen) atoms. The van der Waals surface area contributed by atoms with Gasteiger partial charge in [-0.15, -0.1) is 0 Å². The fourth-order valence-corrected chi connectivity index (χ4v) is 1.64. The minimum Gasteiger partial charge on any atom is -0.391 e. The minimum atomic E-state index is -0.396. The van der Waals surface area contributed by atoms with Crippen LogP contribution in [0.4, 0.5) is 10.1 Å². The van der Waals surface area contributed by atoms with Gasteiger partial charge in [0.2, 0.25) is 0 Å². The van der Waals surface area contributed by atoms with Gasteiger partial charge in [0.05, 0.1) is 17.8 Å². The van der Waals surface area contributed by atoms with Crippen molar-refractivity contribution in [3.8, 4) is 0 Å². The molecule has 0 aliphatic rings. The number of benzene rings is 1. The van der Waals surface area contributed by atoms with E-state index in [0.29, 0.717) is 16.6 Å². The average Bonchev–Trinajstić information content (AvgIpc) is 2.28. The molecule has 5 heteroatoms. The molecule has 0 aliphatic carbocycles. The van der Waals surface area contributed by atoms with E-state index in [-0.39, 0.29) is 17.7 Å². The van der Waals surface area contributed by atoms with Crippen molar-refractivity contribution >= 4 is 16.6 Å². The molecule has 2 aromatic rings. The summed E-state index contributed by atoms with van der Waals surface area (Å²) in [5.74, 6) is -0.396. The SMILES string of the molecule is CNc1cc(F)cc2cc(CO)c(=O)[nH]c12. The molecule has 84 valence electrons. The Morgan fingerprint density at radius 1 is 1.44 bits per heavy atom. The third kappa shape index (κ3) is 1.65. The van der Waals surface area contributed by atoms with Crippen molar-refractivity contribution in [2.75, 3.05) is 12.4 Å². The Hall–Kier alpha value is -1.88. The Bertz CT molecular complexity index is 592. The second-order valence-corrected chi connectivity index (χ2v) is 3.45. The van der Waals surface area contributed by atoms with Crippen molar-refractivity contribution in [2.45, 2.75) is 6.61 Å². The number of anilines is 1. The average molecular weight is 222 g/mol. The Morgan fingerprint density at radius 3 is 2.81 bits per heavy atom. The predicted molar refractivity (Wildman–Crippen MR) is 60.0 cm³/mol. The van der Waals surface area contributed by atoms with Gasteiger partial charge in [0.15, 0.2) is 0 Å². The lowest BCUT2D eigenvalue weighted by Crippen LogP contribution is -2.12. The number of aromatic nitrogens is 1. The van der Waals surface area contributed by atoms with Crippen LogP contribution in [0.15, 0.2) is 23.0 Å². The molecule has 0 aliphatic heterocycles. The summed E-state index contributed by atoms with van der Waals surface area (Å²) in [5.41, 5.74) is 0.904. The summed E-state index contributed by atoms with van der Waals surface area (Å²) in [4.78, 5) is 14.1. The number of fused-ring (bicyclic) bond motifs is 1. The summed E-state index contributed by atoms with van der Waals surface area (Å²) in [5, 5.41) is 12.3. The van der Waals surface area contributed by atoms with Crippen LogP contribution in [0.1, 0.15) is 5.56 Å². The first kappa shape index (κ1) is 10.6. The van der Waals surface area contributed by atoms with Crippen molar-refractivity contribution < 1.29 is 9.50 Å². The quantitative estimate of drug-likeness (QED) is 0.715. The summed E-state index contributed by atoms with van der Waals surface area (Å²) in [7, 11) is 1.65. The van der Waals surface area contributed by atoms with E-state index in [1.54, 1.807) is 7.05 Å². The highest BCUT2D eigenvalue weighted by Crippen LogP contribution is 2.22. The van der Waals surface area contributed by atoms with Gasteiger partial charge < -0.3 is 15.4 Å². The molecule has 0 saturated carbocycles. The lowest BCUT2D eigenvalue weighted by Gasteiger charge is -2.07. The fourth-order valence-electron chi connectivity index (χ4n) is 1.64. The van der Waals surface area contributed by atoms with Crippen LogP contribution in [0.25, 0.3) is 10.9 Å². The van der Waals surface area contributed by atoms with Crippen molar-refractivity contribution in [2.24, 2.45) is 0 Å².